The van der Waals surface area contributed by atoms with E-state index in [2.05, 4.69) is 42.3 Å². The molecule has 28 heavy (non-hydrogen) atoms. The van der Waals surface area contributed by atoms with E-state index >= 15 is 0 Å². The molecule has 0 amide bonds. The van der Waals surface area contributed by atoms with Crippen LogP contribution in [0.15, 0.2) is 36.5 Å². The van der Waals surface area contributed by atoms with Crippen LogP contribution in [0.5, 0.6) is 0 Å². The number of aryl methyl sites for hydroxylation is 3. The van der Waals surface area contributed by atoms with Gasteiger partial charge in [0.25, 0.3) is 0 Å². The Morgan fingerprint density at radius 3 is 2.68 bits per heavy atom. The van der Waals surface area contributed by atoms with Crippen molar-refractivity contribution in [2.45, 2.75) is 33.7 Å². The molecule has 0 atom stereocenters. The lowest BCUT2D eigenvalue weighted by molar-refractivity contribution is 0.620. The van der Waals surface area contributed by atoms with Crippen molar-refractivity contribution in [1.29, 1.82) is 0 Å². The second-order valence-corrected chi connectivity index (χ2v) is 7.65. The van der Waals surface area contributed by atoms with E-state index in [1.165, 1.54) is 5.56 Å². The molecule has 0 fully saturated rings. The van der Waals surface area contributed by atoms with Crippen LogP contribution in [0, 0.1) is 26.6 Å². The van der Waals surface area contributed by atoms with E-state index in [1.807, 2.05) is 23.9 Å². The average molecular weight is 374 g/mol. The van der Waals surface area contributed by atoms with E-state index in [4.69, 9.17) is 5.10 Å². The van der Waals surface area contributed by atoms with E-state index in [0.717, 1.165) is 64.2 Å². The maximum Gasteiger partial charge on any atom is 0.128 e. The predicted octanol–water partition coefficient (Wildman–Crippen LogP) is 4.73. The maximum absolute atomic E-state index is 14.8. The Bertz CT molecular complexity index is 1200. The number of fused-ring (bicyclic) bond motifs is 2. The van der Waals surface area contributed by atoms with Crippen LogP contribution in [-0.4, -0.2) is 21.3 Å². The summed E-state index contributed by atoms with van der Waals surface area (Å²) in [4.78, 5) is 3.21. The Morgan fingerprint density at radius 1 is 1.11 bits per heavy atom. The van der Waals surface area contributed by atoms with Crippen LogP contribution in [-0.2, 0) is 13.0 Å². The topological polar surface area (TPSA) is 45.6 Å². The average Bonchev–Trinajstić information content (AvgIpc) is 3.30. The van der Waals surface area contributed by atoms with E-state index in [-0.39, 0.29) is 5.82 Å². The molecule has 4 aromatic rings. The molecule has 0 saturated carbocycles. The van der Waals surface area contributed by atoms with Crippen LogP contribution < -0.4 is 5.32 Å². The minimum Gasteiger partial charge on any atom is -0.361 e. The summed E-state index contributed by atoms with van der Waals surface area (Å²) < 4.78 is 16.9. The van der Waals surface area contributed by atoms with Gasteiger partial charge in [0.1, 0.15) is 5.82 Å². The maximum atomic E-state index is 14.8. The van der Waals surface area contributed by atoms with Gasteiger partial charge in [0, 0.05) is 47.8 Å². The van der Waals surface area contributed by atoms with Crippen molar-refractivity contribution < 1.29 is 4.39 Å². The minimum absolute atomic E-state index is 0.197. The molecule has 3 heterocycles. The summed E-state index contributed by atoms with van der Waals surface area (Å²) >= 11 is 0. The summed E-state index contributed by atoms with van der Waals surface area (Å²) in [6, 6.07) is 9.97. The Balaban J connectivity index is 1.90. The molecule has 142 valence electrons. The fourth-order valence-electron chi connectivity index (χ4n) is 4.41. The van der Waals surface area contributed by atoms with Gasteiger partial charge in [-0.05, 0) is 44.0 Å². The van der Waals surface area contributed by atoms with Gasteiger partial charge in [-0.3, -0.25) is 0 Å². The number of aromatic nitrogens is 3. The molecule has 2 N–H and O–H groups in total. The number of H-pyrrole nitrogens is 1. The molecule has 1 aliphatic rings. The molecule has 0 saturated heterocycles. The normalized spacial score (nSPS) is 13.9. The molecule has 0 unspecified atom stereocenters. The fourth-order valence-corrected chi connectivity index (χ4v) is 4.41. The van der Waals surface area contributed by atoms with Crippen molar-refractivity contribution in [3.8, 4) is 16.9 Å². The number of hydrogen-bond acceptors (Lipinski definition) is 2. The van der Waals surface area contributed by atoms with Crippen molar-refractivity contribution in [2.24, 2.45) is 0 Å². The van der Waals surface area contributed by atoms with E-state index < -0.39 is 0 Å². The zero-order chi connectivity index (χ0) is 19.4. The first kappa shape index (κ1) is 17.2. The Morgan fingerprint density at radius 2 is 1.89 bits per heavy atom. The standard InChI is InChI=1S/C23H23FN4/c1-13-5-4-6-14(2)22(13)28-23(18-12-25-9-8-20(18)27-28)17-11-19(24)15(3)21-16(17)7-10-26-21/h4-7,10-11,25-26H,8-9,12H2,1-3H3. The first-order valence-corrected chi connectivity index (χ1v) is 9.71. The van der Waals surface area contributed by atoms with Crippen molar-refractivity contribution >= 4 is 10.9 Å². The van der Waals surface area contributed by atoms with Crippen LogP contribution >= 0.6 is 0 Å². The van der Waals surface area contributed by atoms with Gasteiger partial charge in [-0.2, -0.15) is 5.10 Å². The van der Waals surface area contributed by atoms with Crippen LogP contribution in [0.2, 0.25) is 0 Å². The third-order valence-electron chi connectivity index (χ3n) is 5.85. The molecular weight excluding hydrogens is 351 g/mol. The summed E-state index contributed by atoms with van der Waals surface area (Å²) in [6.07, 6.45) is 2.76. The van der Waals surface area contributed by atoms with Crippen LogP contribution in [0.25, 0.3) is 27.8 Å². The van der Waals surface area contributed by atoms with Crippen LogP contribution in [0.4, 0.5) is 4.39 Å². The Kier molecular flexibility index (Phi) is 3.88. The lowest BCUT2D eigenvalue weighted by atomic mass is 9.97. The van der Waals surface area contributed by atoms with Crippen molar-refractivity contribution in [2.75, 3.05) is 6.54 Å². The van der Waals surface area contributed by atoms with Gasteiger partial charge in [0.2, 0.25) is 0 Å². The number of rotatable bonds is 2. The zero-order valence-electron chi connectivity index (χ0n) is 16.4. The SMILES string of the molecule is Cc1cccc(C)c1-n1nc2c(c1-c1cc(F)c(C)c3[nH]ccc13)CNCC2. The molecule has 5 rings (SSSR count). The van der Waals surface area contributed by atoms with E-state index in [1.54, 1.807) is 6.07 Å². The number of benzene rings is 2. The summed E-state index contributed by atoms with van der Waals surface area (Å²) in [7, 11) is 0. The van der Waals surface area contributed by atoms with E-state index in [0.29, 0.717) is 5.56 Å². The lowest BCUT2D eigenvalue weighted by Crippen LogP contribution is -2.23. The lowest BCUT2D eigenvalue weighted by Gasteiger charge is -2.17. The molecular formula is C23H23FN4. The molecule has 0 bridgehead atoms. The fraction of sp³-hybridized carbons (Fsp3) is 0.261. The number of halogens is 1. The quantitative estimate of drug-likeness (QED) is 0.533. The van der Waals surface area contributed by atoms with Gasteiger partial charge >= 0.3 is 0 Å². The Hall–Kier alpha value is -2.92. The summed E-state index contributed by atoms with van der Waals surface area (Å²) in [5.74, 6) is -0.197. The second-order valence-electron chi connectivity index (χ2n) is 7.65. The van der Waals surface area contributed by atoms with Gasteiger partial charge < -0.3 is 10.3 Å². The highest BCUT2D eigenvalue weighted by molar-refractivity contribution is 5.97. The van der Waals surface area contributed by atoms with Crippen molar-refractivity contribution in [3.05, 3.63) is 70.3 Å². The smallest absolute Gasteiger partial charge is 0.128 e. The number of hydrogen-bond donors (Lipinski definition) is 2. The Labute approximate surface area is 163 Å². The molecule has 4 nitrogen and oxygen atoms in total. The summed E-state index contributed by atoms with van der Waals surface area (Å²) in [5.41, 5.74) is 9.04. The summed E-state index contributed by atoms with van der Waals surface area (Å²) in [5, 5.41) is 9.49. The minimum atomic E-state index is -0.197. The van der Waals surface area contributed by atoms with Crippen LogP contribution in [0.3, 0.4) is 0 Å². The third-order valence-corrected chi connectivity index (χ3v) is 5.85. The largest absolute Gasteiger partial charge is 0.361 e. The molecule has 1 aliphatic heterocycles. The predicted molar refractivity (Wildman–Crippen MR) is 110 cm³/mol. The molecule has 2 aromatic carbocycles. The number of para-hydroxylation sites is 1. The van der Waals surface area contributed by atoms with Crippen molar-refractivity contribution in [3.63, 3.8) is 0 Å². The molecule has 0 spiro atoms. The highest BCUT2D eigenvalue weighted by Gasteiger charge is 2.26. The first-order chi connectivity index (χ1) is 13.6. The van der Waals surface area contributed by atoms with Gasteiger partial charge in [-0.15, -0.1) is 0 Å². The number of nitrogens with one attached hydrogen (secondary N) is 2. The second kappa shape index (κ2) is 6.31. The number of aromatic amines is 1. The zero-order valence-corrected chi connectivity index (χ0v) is 16.4. The molecule has 2 aromatic heterocycles. The van der Waals surface area contributed by atoms with Gasteiger partial charge in [-0.1, -0.05) is 18.2 Å². The first-order valence-electron chi connectivity index (χ1n) is 9.71. The van der Waals surface area contributed by atoms with Gasteiger partial charge in [0.05, 0.1) is 22.6 Å². The third kappa shape index (κ3) is 2.43. The van der Waals surface area contributed by atoms with Gasteiger partial charge in [0.15, 0.2) is 0 Å². The van der Waals surface area contributed by atoms with Crippen molar-refractivity contribution in [1.82, 2.24) is 20.1 Å². The van der Waals surface area contributed by atoms with Gasteiger partial charge in [-0.25, -0.2) is 9.07 Å². The van der Waals surface area contributed by atoms with E-state index in [9.17, 15) is 4.39 Å². The highest BCUT2D eigenvalue weighted by atomic mass is 19.1. The molecule has 0 radical (unpaired) electrons. The summed E-state index contributed by atoms with van der Waals surface area (Å²) in [6.45, 7) is 7.69. The highest BCUT2D eigenvalue weighted by Crippen LogP contribution is 2.38. The number of nitrogens with zero attached hydrogens (tertiary/aromatic N) is 2. The molecule has 0 aliphatic carbocycles. The van der Waals surface area contributed by atoms with Crippen LogP contribution in [0.1, 0.15) is 27.9 Å². The monoisotopic (exact) mass is 374 g/mol. The molecule has 5 heteroatoms.